The van der Waals surface area contributed by atoms with Crippen LogP contribution in [0.2, 0.25) is 0 Å². The molecule has 0 spiro atoms. The number of ether oxygens (including phenoxy) is 1. The molecule has 3 nitrogen and oxygen atoms in total. The number of hydrogen-bond donors (Lipinski definition) is 1. The maximum absolute atomic E-state index is 13.2. The largest absolute Gasteiger partial charge is 0.378 e. The molecular formula is C12H15BrFNO2. The second kappa shape index (κ2) is 5.60. The Morgan fingerprint density at radius 1 is 1.53 bits per heavy atom. The van der Waals surface area contributed by atoms with Crippen molar-refractivity contribution >= 4 is 27.5 Å². The van der Waals surface area contributed by atoms with Gasteiger partial charge in [0.15, 0.2) is 0 Å². The minimum Gasteiger partial charge on any atom is -0.378 e. The van der Waals surface area contributed by atoms with Crippen LogP contribution in [0.25, 0.3) is 0 Å². The van der Waals surface area contributed by atoms with Crippen LogP contribution < -0.4 is 5.32 Å². The summed E-state index contributed by atoms with van der Waals surface area (Å²) in [6, 6.07) is 4.44. The number of nitrogens with one attached hydrogen (secondary N) is 1. The van der Waals surface area contributed by atoms with Gasteiger partial charge in [0.2, 0.25) is 5.91 Å². The summed E-state index contributed by atoms with van der Waals surface area (Å²) in [5, 5.41) is 2.62. The number of carbonyl (C=O) groups excluding carboxylic acids is 1. The summed E-state index contributed by atoms with van der Waals surface area (Å²) in [5.74, 6) is -0.618. The second-order valence-electron chi connectivity index (χ2n) is 4.32. The fraction of sp³-hybridized carbons (Fsp3) is 0.417. The number of benzene rings is 1. The molecule has 5 heteroatoms. The quantitative estimate of drug-likeness (QED) is 0.926. The fourth-order valence-corrected chi connectivity index (χ4v) is 1.48. The van der Waals surface area contributed by atoms with E-state index in [1.54, 1.807) is 19.2 Å². The van der Waals surface area contributed by atoms with Gasteiger partial charge in [0.1, 0.15) is 5.82 Å². The molecule has 0 atom stereocenters. The highest BCUT2D eigenvalue weighted by Crippen LogP contribution is 2.20. The van der Waals surface area contributed by atoms with Crippen LogP contribution in [-0.2, 0) is 9.53 Å². The van der Waals surface area contributed by atoms with E-state index in [0.29, 0.717) is 10.2 Å². The zero-order chi connectivity index (χ0) is 13.1. The Hall–Kier alpha value is -0.940. The van der Waals surface area contributed by atoms with E-state index >= 15 is 0 Å². The van der Waals surface area contributed by atoms with Crippen molar-refractivity contribution in [1.82, 2.24) is 0 Å². The van der Waals surface area contributed by atoms with Gasteiger partial charge in [-0.25, -0.2) is 4.39 Å². The monoisotopic (exact) mass is 303 g/mol. The molecule has 1 aromatic carbocycles. The molecule has 1 amide bonds. The van der Waals surface area contributed by atoms with Crippen LogP contribution in [0.4, 0.5) is 10.1 Å². The summed E-state index contributed by atoms with van der Waals surface area (Å²) < 4.78 is 18.7. The Labute approximate surface area is 108 Å². The lowest BCUT2D eigenvalue weighted by atomic mass is 10.0. The standard InChI is InChI=1S/C12H15BrFNO2/c1-12(2,17-3)7-11(16)15-8-4-5-9(13)10(14)6-8/h4-6H,7H2,1-3H3,(H,15,16). The van der Waals surface area contributed by atoms with Crippen molar-refractivity contribution in [3.05, 3.63) is 28.5 Å². The molecule has 0 fully saturated rings. The number of amides is 1. The van der Waals surface area contributed by atoms with Crippen molar-refractivity contribution in [2.24, 2.45) is 0 Å². The number of hydrogen-bond acceptors (Lipinski definition) is 2. The van der Waals surface area contributed by atoms with E-state index in [-0.39, 0.29) is 12.3 Å². The molecule has 0 saturated carbocycles. The van der Waals surface area contributed by atoms with Crippen molar-refractivity contribution in [2.45, 2.75) is 25.9 Å². The van der Waals surface area contributed by atoms with Gasteiger partial charge in [-0.3, -0.25) is 4.79 Å². The topological polar surface area (TPSA) is 38.3 Å². The molecule has 0 saturated heterocycles. The lowest BCUT2D eigenvalue weighted by Gasteiger charge is -2.21. The molecule has 1 rings (SSSR count). The molecule has 0 aromatic heterocycles. The number of anilines is 1. The van der Waals surface area contributed by atoms with Crippen molar-refractivity contribution in [3.63, 3.8) is 0 Å². The highest BCUT2D eigenvalue weighted by atomic mass is 79.9. The Kier molecular flexibility index (Phi) is 4.65. The molecule has 0 bridgehead atoms. The van der Waals surface area contributed by atoms with E-state index in [9.17, 15) is 9.18 Å². The molecule has 0 unspecified atom stereocenters. The van der Waals surface area contributed by atoms with Crippen LogP contribution in [0.5, 0.6) is 0 Å². The molecular weight excluding hydrogens is 289 g/mol. The van der Waals surface area contributed by atoms with E-state index in [1.165, 1.54) is 6.07 Å². The Balaban J connectivity index is 2.65. The van der Waals surface area contributed by atoms with Gasteiger partial charge in [-0.05, 0) is 48.0 Å². The van der Waals surface area contributed by atoms with Crippen LogP contribution in [0.15, 0.2) is 22.7 Å². The molecule has 17 heavy (non-hydrogen) atoms. The van der Waals surface area contributed by atoms with Crippen LogP contribution in [-0.4, -0.2) is 18.6 Å². The Morgan fingerprint density at radius 3 is 2.71 bits per heavy atom. The summed E-state index contributed by atoms with van der Waals surface area (Å²) in [7, 11) is 1.55. The summed E-state index contributed by atoms with van der Waals surface area (Å²) >= 11 is 3.05. The predicted octanol–water partition coefficient (Wildman–Crippen LogP) is 3.34. The molecule has 94 valence electrons. The smallest absolute Gasteiger partial charge is 0.227 e. The lowest BCUT2D eigenvalue weighted by molar-refractivity contribution is -0.121. The van der Waals surface area contributed by atoms with Gasteiger partial charge >= 0.3 is 0 Å². The van der Waals surface area contributed by atoms with Gasteiger partial charge in [-0.1, -0.05) is 0 Å². The van der Waals surface area contributed by atoms with Crippen LogP contribution in [0.3, 0.4) is 0 Å². The van der Waals surface area contributed by atoms with Crippen molar-refractivity contribution in [1.29, 1.82) is 0 Å². The average molecular weight is 304 g/mol. The van der Waals surface area contributed by atoms with Crippen molar-refractivity contribution in [3.8, 4) is 0 Å². The van der Waals surface area contributed by atoms with E-state index in [0.717, 1.165) is 0 Å². The number of carbonyl (C=O) groups is 1. The molecule has 0 aliphatic heterocycles. The second-order valence-corrected chi connectivity index (χ2v) is 5.17. The first kappa shape index (κ1) is 14.1. The highest BCUT2D eigenvalue weighted by molar-refractivity contribution is 9.10. The van der Waals surface area contributed by atoms with Gasteiger partial charge in [-0.15, -0.1) is 0 Å². The normalized spacial score (nSPS) is 11.4. The van der Waals surface area contributed by atoms with Gasteiger partial charge < -0.3 is 10.1 Å². The van der Waals surface area contributed by atoms with Crippen LogP contribution in [0.1, 0.15) is 20.3 Å². The minimum atomic E-state index is -0.530. The first-order chi connectivity index (χ1) is 7.84. The van der Waals surface area contributed by atoms with Gasteiger partial charge in [0.25, 0.3) is 0 Å². The van der Waals surface area contributed by atoms with Crippen molar-refractivity contribution < 1.29 is 13.9 Å². The fourth-order valence-electron chi connectivity index (χ4n) is 1.24. The lowest BCUT2D eigenvalue weighted by Crippen LogP contribution is -2.29. The zero-order valence-corrected chi connectivity index (χ0v) is 11.6. The molecule has 0 heterocycles. The summed E-state index contributed by atoms with van der Waals surface area (Å²) in [4.78, 5) is 11.7. The zero-order valence-electron chi connectivity index (χ0n) is 10.0. The number of rotatable bonds is 4. The van der Waals surface area contributed by atoms with Crippen LogP contribution >= 0.6 is 15.9 Å². The summed E-state index contributed by atoms with van der Waals surface area (Å²) in [6.45, 7) is 3.63. The van der Waals surface area contributed by atoms with E-state index in [1.807, 2.05) is 13.8 Å². The molecule has 1 N–H and O–H groups in total. The van der Waals surface area contributed by atoms with Gasteiger partial charge in [0, 0.05) is 12.8 Å². The molecule has 0 radical (unpaired) electrons. The van der Waals surface area contributed by atoms with Gasteiger partial charge in [-0.2, -0.15) is 0 Å². The molecule has 1 aromatic rings. The average Bonchev–Trinajstić information content (AvgIpc) is 2.23. The third-order valence-corrected chi connectivity index (χ3v) is 2.99. The van der Waals surface area contributed by atoms with Crippen molar-refractivity contribution in [2.75, 3.05) is 12.4 Å². The predicted molar refractivity (Wildman–Crippen MR) is 68.4 cm³/mol. The minimum absolute atomic E-state index is 0.210. The highest BCUT2D eigenvalue weighted by Gasteiger charge is 2.21. The SMILES string of the molecule is COC(C)(C)CC(=O)Nc1ccc(Br)c(F)c1. The van der Waals surface area contributed by atoms with Gasteiger partial charge in [0.05, 0.1) is 16.5 Å². The van der Waals surface area contributed by atoms with Crippen LogP contribution in [0, 0.1) is 5.82 Å². The maximum Gasteiger partial charge on any atom is 0.227 e. The summed E-state index contributed by atoms with van der Waals surface area (Å²) in [5.41, 5.74) is -0.0968. The summed E-state index contributed by atoms with van der Waals surface area (Å²) in [6.07, 6.45) is 0.210. The third-order valence-electron chi connectivity index (χ3n) is 2.34. The Morgan fingerprint density at radius 2 is 2.18 bits per heavy atom. The third kappa shape index (κ3) is 4.44. The Bertz CT molecular complexity index is 421. The number of halogens is 2. The number of methoxy groups -OCH3 is 1. The van der Waals surface area contributed by atoms with E-state index in [2.05, 4.69) is 21.2 Å². The maximum atomic E-state index is 13.2. The van der Waals surface area contributed by atoms with E-state index in [4.69, 9.17) is 4.74 Å². The first-order valence-electron chi connectivity index (χ1n) is 5.14. The van der Waals surface area contributed by atoms with E-state index < -0.39 is 11.4 Å². The molecule has 0 aliphatic carbocycles. The molecule has 0 aliphatic rings. The first-order valence-corrected chi connectivity index (χ1v) is 5.93.